The minimum atomic E-state index is -4.42. The van der Waals surface area contributed by atoms with E-state index in [9.17, 15) is 18.0 Å². The van der Waals surface area contributed by atoms with Crippen molar-refractivity contribution in [1.29, 1.82) is 0 Å². The molecule has 1 aliphatic rings. The number of alkyl halides is 3. The maximum absolute atomic E-state index is 12.5. The molecule has 1 saturated heterocycles. The maximum atomic E-state index is 12.5. The maximum Gasteiger partial charge on any atom is 0.416 e. The molecule has 1 aliphatic heterocycles. The highest BCUT2D eigenvalue weighted by atomic mass is 19.4. The number of likely N-dealkylation sites (tertiary alicyclic amines) is 1. The summed E-state index contributed by atoms with van der Waals surface area (Å²) in [4.78, 5) is 17.0. The van der Waals surface area contributed by atoms with Gasteiger partial charge >= 0.3 is 6.18 Å². The Balaban J connectivity index is 1.85. The molecule has 0 aromatic carbocycles. The molecule has 0 N–H and O–H groups in total. The van der Waals surface area contributed by atoms with Crippen molar-refractivity contribution >= 4 is 5.91 Å². The third-order valence-corrected chi connectivity index (χ3v) is 3.11. The molecule has 1 amide bonds. The fourth-order valence-electron chi connectivity index (χ4n) is 1.92. The molecule has 7 heteroatoms. The summed E-state index contributed by atoms with van der Waals surface area (Å²) >= 11 is 0. The molecule has 0 unspecified atom stereocenters. The quantitative estimate of drug-likeness (QED) is 0.785. The number of aromatic nitrogens is 1. The molecular weight excluding hydrogens is 285 g/mol. The van der Waals surface area contributed by atoms with Crippen LogP contribution in [0.1, 0.15) is 18.4 Å². The third-order valence-electron chi connectivity index (χ3n) is 3.11. The van der Waals surface area contributed by atoms with Gasteiger partial charge in [0.2, 0.25) is 11.8 Å². The minimum Gasteiger partial charge on any atom is -0.471 e. The molecule has 2 heterocycles. The number of amides is 1. The highest BCUT2D eigenvalue weighted by Crippen LogP contribution is 2.31. The van der Waals surface area contributed by atoms with E-state index >= 15 is 0 Å². The molecule has 1 aromatic heterocycles. The summed E-state index contributed by atoms with van der Waals surface area (Å²) in [7, 11) is 0. The van der Waals surface area contributed by atoms with Gasteiger partial charge in [0.05, 0.1) is 18.7 Å². The van der Waals surface area contributed by atoms with Crippen LogP contribution in [0.5, 0.6) is 5.88 Å². The second-order valence-corrected chi connectivity index (χ2v) is 4.75. The Bertz CT molecular complexity index is 525. The zero-order chi connectivity index (χ0) is 15.5. The molecule has 1 aromatic rings. The van der Waals surface area contributed by atoms with Crippen LogP contribution >= 0.6 is 0 Å². The van der Waals surface area contributed by atoms with Crippen LogP contribution in [0.15, 0.2) is 31.0 Å². The predicted molar refractivity (Wildman–Crippen MR) is 69.7 cm³/mol. The lowest BCUT2D eigenvalue weighted by atomic mass is 10.1. The average molecular weight is 300 g/mol. The Labute approximate surface area is 120 Å². The monoisotopic (exact) mass is 300 g/mol. The van der Waals surface area contributed by atoms with Crippen molar-refractivity contribution in [2.24, 2.45) is 0 Å². The van der Waals surface area contributed by atoms with Gasteiger partial charge in [0.15, 0.2) is 0 Å². The summed E-state index contributed by atoms with van der Waals surface area (Å²) in [6.07, 6.45) is -1.02. The summed E-state index contributed by atoms with van der Waals surface area (Å²) in [6.45, 7) is 4.28. The van der Waals surface area contributed by atoms with Crippen LogP contribution in [-0.4, -0.2) is 35.0 Å². The van der Waals surface area contributed by atoms with Gasteiger partial charge in [0.25, 0.3) is 0 Å². The van der Waals surface area contributed by atoms with E-state index in [4.69, 9.17) is 4.74 Å². The first-order chi connectivity index (χ1) is 9.90. The molecular formula is C14H15F3N2O2. The molecule has 0 atom stereocenters. The highest BCUT2D eigenvalue weighted by Gasteiger charge is 2.34. The van der Waals surface area contributed by atoms with Gasteiger partial charge in [0, 0.05) is 18.7 Å². The topological polar surface area (TPSA) is 42.4 Å². The van der Waals surface area contributed by atoms with E-state index in [0.29, 0.717) is 25.9 Å². The van der Waals surface area contributed by atoms with Crippen molar-refractivity contribution in [1.82, 2.24) is 9.88 Å². The van der Waals surface area contributed by atoms with Gasteiger partial charge in [0.1, 0.15) is 6.10 Å². The van der Waals surface area contributed by atoms with Gasteiger partial charge in [-0.2, -0.15) is 13.2 Å². The summed E-state index contributed by atoms with van der Waals surface area (Å²) in [5, 5.41) is 0. The van der Waals surface area contributed by atoms with Crippen molar-refractivity contribution in [3.05, 3.63) is 36.5 Å². The number of pyridine rings is 1. The van der Waals surface area contributed by atoms with Crippen molar-refractivity contribution in [3.8, 4) is 5.88 Å². The number of carbonyl (C=O) groups is 1. The van der Waals surface area contributed by atoms with Crippen molar-refractivity contribution in [2.45, 2.75) is 25.1 Å². The Kier molecular flexibility index (Phi) is 4.50. The SMILES string of the molecule is C=CCCC(=O)N1CC(Oc2cc(C(F)(F)F)ccn2)C1. The van der Waals surface area contributed by atoms with E-state index in [2.05, 4.69) is 11.6 Å². The first kappa shape index (κ1) is 15.3. The molecule has 2 rings (SSSR count). The Morgan fingerprint density at radius 2 is 2.24 bits per heavy atom. The molecule has 4 nitrogen and oxygen atoms in total. The summed E-state index contributed by atoms with van der Waals surface area (Å²) in [5.74, 6) is -0.0835. The van der Waals surface area contributed by atoms with Crippen LogP contribution in [0.4, 0.5) is 13.2 Å². The number of halogens is 3. The fourth-order valence-corrected chi connectivity index (χ4v) is 1.92. The lowest BCUT2D eigenvalue weighted by molar-refractivity contribution is -0.140. The molecule has 0 spiro atoms. The van der Waals surface area contributed by atoms with Crippen molar-refractivity contribution in [3.63, 3.8) is 0 Å². The van der Waals surface area contributed by atoms with E-state index in [-0.39, 0.29) is 17.9 Å². The van der Waals surface area contributed by atoms with Crippen LogP contribution in [0, 0.1) is 0 Å². The zero-order valence-electron chi connectivity index (χ0n) is 11.3. The molecule has 0 bridgehead atoms. The number of nitrogens with zero attached hydrogens (tertiary/aromatic N) is 2. The zero-order valence-corrected chi connectivity index (χ0v) is 11.3. The lowest BCUT2D eigenvalue weighted by Crippen LogP contribution is -2.56. The smallest absolute Gasteiger partial charge is 0.416 e. The van der Waals surface area contributed by atoms with Crippen molar-refractivity contribution in [2.75, 3.05) is 13.1 Å². The fraction of sp³-hybridized carbons (Fsp3) is 0.429. The van der Waals surface area contributed by atoms with E-state index in [1.807, 2.05) is 0 Å². The van der Waals surface area contributed by atoms with Crippen LogP contribution in [0.2, 0.25) is 0 Å². The highest BCUT2D eigenvalue weighted by molar-refractivity contribution is 5.77. The van der Waals surface area contributed by atoms with Crippen LogP contribution in [0.25, 0.3) is 0 Å². The summed E-state index contributed by atoms with van der Waals surface area (Å²) < 4.78 is 43.0. The molecule has 0 radical (unpaired) electrons. The van der Waals surface area contributed by atoms with E-state index in [0.717, 1.165) is 18.3 Å². The third kappa shape index (κ3) is 3.96. The number of allylic oxidation sites excluding steroid dienone is 1. The molecule has 0 saturated carbocycles. The van der Waals surface area contributed by atoms with E-state index < -0.39 is 11.7 Å². The number of carbonyl (C=O) groups excluding carboxylic acids is 1. The van der Waals surface area contributed by atoms with Gasteiger partial charge in [-0.1, -0.05) is 6.08 Å². The normalized spacial score (nSPS) is 15.5. The number of hydrogen-bond donors (Lipinski definition) is 0. The average Bonchev–Trinajstić information content (AvgIpc) is 2.39. The van der Waals surface area contributed by atoms with E-state index in [1.165, 1.54) is 0 Å². The van der Waals surface area contributed by atoms with Gasteiger partial charge in [-0.3, -0.25) is 4.79 Å². The van der Waals surface area contributed by atoms with Gasteiger partial charge in [-0.05, 0) is 12.5 Å². The lowest BCUT2D eigenvalue weighted by Gasteiger charge is -2.38. The van der Waals surface area contributed by atoms with Gasteiger partial charge in [-0.15, -0.1) is 6.58 Å². The predicted octanol–water partition coefficient (Wildman–Crippen LogP) is 2.66. The summed E-state index contributed by atoms with van der Waals surface area (Å²) in [5.41, 5.74) is -0.800. The van der Waals surface area contributed by atoms with E-state index in [1.54, 1.807) is 11.0 Å². The van der Waals surface area contributed by atoms with Gasteiger partial charge in [-0.25, -0.2) is 4.98 Å². The largest absolute Gasteiger partial charge is 0.471 e. The Morgan fingerprint density at radius 3 is 2.86 bits per heavy atom. The first-order valence-electron chi connectivity index (χ1n) is 6.48. The molecule has 21 heavy (non-hydrogen) atoms. The minimum absolute atomic E-state index is 0.00764. The van der Waals surface area contributed by atoms with Gasteiger partial charge < -0.3 is 9.64 Å². The van der Waals surface area contributed by atoms with Crippen LogP contribution < -0.4 is 4.74 Å². The second-order valence-electron chi connectivity index (χ2n) is 4.75. The second kappa shape index (κ2) is 6.15. The number of hydrogen-bond acceptors (Lipinski definition) is 3. The Hall–Kier alpha value is -2.05. The number of rotatable bonds is 5. The molecule has 0 aliphatic carbocycles. The molecule has 1 fully saturated rings. The van der Waals surface area contributed by atoms with Crippen molar-refractivity contribution < 1.29 is 22.7 Å². The Morgan fingerprint density at radius 1 is 1.52 bits per heavy atom. The first-order valence-corrected chi connectivity index (χ1v) is 6.48. The number of ether oxygens (including phenoxy) is 1. The molecule has 114 valence electrons. The standard InChI is InChI=1S/C14H15F3N2O2/c1-2-3-4-13(20)19-8-11(9-19)21-12-7-10(5-6-18-12)14(15,16)17/h2,5-7,11H,1,3-4,8-9H2. The van der Waals surface area contributed by atoms with Crippen LogP contribution in [0.3, 0.4) is 0 Å². The summed E-state index contributed by atoms with van der Waals surface area (Å²) in [6, 6.07) is 1.75. The van der Waals surface area contributed by atoms with Crippen LogP contribution in [-0.2, 0) is 11.0 Å².